The Bertz CT molecular complexity index is 1420. The second-order valence-corrected chi connectivity index (χ2v) is 9.43. The van der Waals surface area contributed by atoms with Crippen molar-refractivity contribution in [1.29, 1.82) is 0 Å². The van der Waals surface area contributed by atoms with Crippen LogP contribution in [0.4, 0.5) is 10.6 Å². The number of nitrogens with one attached hydrogen (secondary N) is 1. The number of aromatic nitrogens is 4. The highest BCUT2D eigenvalue weighted by Crippen LogP contribution is 2.43. The molecule has 0 spiro atoms. The van der Waals surface area contributed by atoms with Crippen molar-refractivity contribution in [2.75, 3.05) is 5.73 Å². The molecule has 1 aromatic carbocycles. The number of pyridine rings is 1. The summed E-state index contributed by atoms with van der Waals surface area (Å²) in [4.78, 5) is 21.3. The molecule has 5 rings (SSSR count). The Balaban J connectivity index is 1.62. The number of fused-ring (bicyclic) bond motifs is 4. The van der Waals surface area contributed by atoms with Gasteiger partial charge in [-0.3, -0.25) is 4.98 Å². The zero-order valence-electron chi connectivity index (χ0n) is 18.9. The number of hydrogen-bond acceptors (Lipinski definition) is 6. The number of ether oxygens (including phenoxy) is 1. The molecule has 0 bridgehead atoms. The Kier molecular flexibility index (Phi) is 4.81. The fourth-order valence-corrected chi connectivity index (χ4v) is 4.47. The largest absolute Gasteiger partial charge is 0.445 e. The summed E-state index contributed by atoms with van der Waals surface area (Å²) >= 11 is 0. The lowest BCUT2D eigenvalue weighted by molar-refractivity contribution is 0.0914. The van der Waals surface area contributed by atoms with E-state index in [1.807, 2.05) is 51.2 Å². The van der Waals surface area contributed by atoms with E-state index in [1.54, 1.807) is 4.52 Å². The van der Waals surface area contributed by atoms with Crippen LogP contribution in [0.1, 0.15) is 38.4 Å². The summed E-state index contributed by atoms with van der Waals surface area (Å²) in [6.07, 6.45) is 3.48. The molecular weight excluding hydrogens is 416 g/mol. The number of hydrogen-bond donors (Lipinski definition) is 2. The zero-order valence-corrected chi connectivity index (χ0v) is 18.9. The van der Waals surface area contributed by atoms with E-state index in [2.05, 4.69) is 33.0 Å². The maximum Gasteiger partial charge on any atom is 0.407 e. The molecule has 3 heterocycles. The highest BCUT2D eigenvalue weighted by molar-refractivity contribution is 5.99. The third kappa shape index (κ3) is 3.77. The number of rotatable bonds is 2. The van der Waals surface area contributed by atoms with Crippen molar-refractivity contribution in [3.8, 4) is 11.1 Å². The third-order valence-electron chi connectivity index (χ3n) is 5.73. The number of benzene rings is 1. The van der Waals surface area contributed by atoms with E-state index in [0.29, 0.717) is 24.2 Å². The number of para-hydroxylation sites is 1. The van der Waals surface area contributed by atoms with Crippen LogP contribution in [-0.2, 0) is 11.2 Å². The smallest absolute Gasteiger partial charge is 0.407 e. The van der Waals surface area contributed by atoms with Gasteiger partial charge in [0.15, 0.2) is 5.82 Å². The summed E-state index contributed by atoms with van der Waals surface area (Å²) in [5.41, 5.74) is 12.1. The summed E-state index contributed by atoms with van der Waals surface area (Å²) in [7, 11) is 0. The van der Waals surface area contributed by atoms with Gasteiger partial charge in [0.25, 0.3) is 0 Å². The molecule has 3 aromatic heterocycles. The first-order chi connectivity index (χ1) is 15.7. The Hall–Kier alpha value is -3.94. The first-order valence-electron chi connectivity index (χ1n) is 10.9. The van der Waals surface area contributed by atoms with Crippen LogP contribution in [0.3, 0.4) is 0 Å². The second-order valence-electron chi connectivity index (χ2n) is 9.43. The number of anilines is 1. The number of nitrogens with zero attached hydrogens (tertiary/aromatic N) is 4. The molecule has 0 fully saturated rings. The Morgan fingerprint density at radius 1 is 1.21 bits per heavy atom. The van der Waals surface area contributed by atoms with E-state index in [4.69, 9.17) is 10.5 Å². The molecule has 1 aliphatic carbocycles. The maximum atomic E-state index is 12.4. The molecule has 1 atom stereocenters. The minimum Gasteiger partial charge on any atom is -0.445 e. The molecule has 168 valence electrons. The van der Waals surface area contributed by atoms with Crippen LogP contribution in [0.5, 0.6) is 0 Å². The number of amides is 1. The van der Waals surface area contributed by atoms with Gasteiger partial charge in [-0.1, -0.05) is 24.8 Å². The van der Waals surface area contributed by atoms with Crippen molar-refractivity contribution >= 4 is 33.9 Å². The van der Waals surface area contributed by atoms with Crippen LogP contribution >= 0.6 is 0 Å². The topological polar surface area (TPSA) is 107 Å². The van der Waals surface area contributed by atoms with Crippen molar-refractivity contribution in [2.45, 2.75) is 45.3 Å². The minimum absolute atomic E-state index is 0.357. The van der Waals surface area contributed by atoms with Gasteiger partial charge in [0.05, 0.1) is 11.2 Å². The van der Waals surface area contributed by atoms with Crippen molar-refractivity contribution < 1.29 is 9.53 Å². The van der Waals surface area contributed by atoms with E-state index in [9.17, 15) is 4.79 Å². The van der Waals surface area contributed by atoms with Gasteiger partial charge in [0.2, 0.25) is 0 Å². The first kappa shape index (κ1) is 20.9. The van der Waals surface area contributed by atoms with Crippen molar-refractivity contribution in [2.24, 2.45) is 0 Å². The zero-order chi connectivity index (χ0) is 23.3. The number of alkyl carbamates (subject to hydrolysis) is 1. The Morgan fingerprint density at radius 3 is 2.79 bits per heavy atom. The maximum absolute atomic E-state index is 12.4. The van der Waals surface area contributed by atoms with Crippen LogP contribution in [0.25, 0.3) is 33.1 Å². The average molecular weight is 443 g/mol. The highest BCUT2D eigenvalue weighted by Gasteiger charge is 2.33. The van der Waals surface area contributed by atoms with Crippen LogP contribution in [0.2, 0.25) is 0 Å². The summed E-state index contributed by atoms with van der Waals surface area (Å²) in [6.45, 7) is 10.1. The Labute approximate surface area is 191 Å². The molecule has 8 nitrogen and oxygen atoms in total. The lowest BCUT2D eigenvalue weighted by Crippen LogP contribution is -2.43. The summed E-state index contributed by atoms with van der Waals surface area (Å²) in [6, 6.07) is 10.1. The Morgan fingerprint density at radius 2 is 2.00 bits per heavy atom. The van der Waals surface area contributed by atoms with Gasteiger partial charge in [0, 0.05) is 46.7 Å². The SMILES string of the molecule is C=C1C[C@H](OC(=O)NC(C)(C)C)Cc2c1c(-c1cnc3ccccc3c1)c1c(N)ncnn21. The predicted molar refractivity (Wildman–Crippen MR) is 129 cm³/mol. The highest BCUT2D eigenvalue weighted by atomic mass is 16.6. The molecule has 8 heteroatoms. The van der Waals surface area contributed by atoms with Crippen LogP contribution in [0, 0.1) is 0 Å². The fraction of sp³-hybridized carbons (Fsp3) is 0.280. The van der Waals surface area contributed by atoms with E-state index < -0.39 is 6.09 Å². The van der Waals surface area contributed by atoms with Gasteiger partial charge in [0.1, 0.15) is 17.9 Å². The molecule has 0 radical (unpaired) electrons. The molecule has 3 N–H and O–H groups in total. The van der Waals surface area contributed by atoms with Gasteiger partial charge in [-0.15, -0.1) is 0 Å². The summed E-state index contributed by atoms with van der Waals surface area (Å²) in [5.74, 6) is 0.373. The van der Waals surface area contributed by atoms with Gasteiger partial charge < -0.3 is 15.8 Å². The van der Waals surface area contributed by atoms with Crippen LogP contribution in [0.15, 0.2) is 49.4 Å². The van der Waals surface area contributed by atoms with Gasteiger partial charge in [-0.05, 0) is 38.5 Å². The summed E-state index contributed by atoms with van der Waals surface area (Å²) in [5, 5.41) is 8.36. The molecule has 0 saturated heterocycles. The normalized spacial score (nSPS) is 16.1. The lowest BCUT2D eigenvalue weighted by Gasteiger charge is -2.27. The summed E-state index contributed by atoms with van der Waals surface area (Å²) < 4.78 is 7.53. The number of nitrogens with two attached hydrogens (primary N) is 1. The molecule has 1 amide bonds. The van der Waals surface area contributed by atoms with E-state index in [0.717, 1.165) is 38.9 Å². The van der Waals surface area contributed by atoms with Crippen LogP contribution in [-0.4, -0.2) is 37.3 Å². The van der Waals surface area contributed by atoms with Crippen molar-refractivity contribution in [3.05, 3.63) is 60.7 Å². The van der Waals surface area contributed by atoms with E-state index >= 15 is 0 Å². The first-order valence-corrected chi connectivity index (χ1v) is 10.9. The second kappa shape index (κ2) is 7.58. The van der Waals surface area contributed by atoms with Crippen molar-refractivity contribution in [1.82, 2.24) is 24.9 Å². The predicted octanol–water partition coefficient (Wildman–Crippen LogP) is 4.38. The van der Waals surface area contributed by atoms with E-state index in [1.165, 1.54) is 6.33 Å². The molecule has 33 heavy (non-hydrogen) atoms. The molecule has 1 aliphatic rings. The molecule has 4 aromatic rings. The molecule has 0 unspecified atom stereocenters. The number of nitrogen functional groups attached to an aromatic ring is 1. The quantitative estimate of drug-likeness (QED) is 0.477. The molecule has 0 aliphatic heterocycles. The van der Waals surface area contributed by atoms with Gasteiger partial charge in [-0.2, -0.15) is 5.10 Å². The monoisotopic (exact) mass is 442 g/mol. The molecule has 0 saturated carbocycles. The lowest BCUT2D eigenvalue weighted by atomic mass is 9.87. The number of carbonyl (C=O) groups excluding carboxylic acids is 1. The standard InChI is InChI=1S/C25H26N6O2/c1-14-9-17(33-24(32)30-25(2,3)4)11-19-20(14)21(22-23(26)28-13-29-31(19)22)16-10-15-7-5-6-8-18(15)27-12-16/h5-8,10,12-13,17H,1,9,11H2,2-4H3,(H,30,32)(H2,26,28,29)/t17-/m0/s1. The third-order valence-corrected chi connectivity index (χ3v) is 5.73. The van der Waals surface area contributed by atoms with Gasteiger partial charge >= 0.3 is 6.09 Å². The van der Waals surface area contributed by atoms with E-state index in [-0.39, 0.29) is 11.6 Å². The fourth-order valence-electron chi connectivity index (χ4n) is 4.47. The minimum atomic E-state index is -0.447. The number of carbonyl (C=O) groups is 1. The molecular formula is C25H26N6O2. The van der Waals surface area contributed by atoms with Crippen molar-refractivity contribution in [3.63, 3.8) is 0 Å². The van der Waals surface area contributed by atoms with Crippen LogP contribution < -0.4 is 11.1 Å². The van der Waals surface area contributed by atoms with Gasteiger partial charge in [-0.25, -0.2) is 14.3 Å². The average Bonchev–Trinajstić information content (AvgIpc) is 3.08.